The molecule has 2 aromatic rings. The van der Waals surface area contributed by atoms with E-state index in [1.165, 1.54) is 11.8 Å². The maximum atomic E-state index is 11.9. The molecule has 2 aromatic carbocycles. The van der Waals surface area contributed by atoms with E-state index < -0.39 is 5.91 Å². The lowest BCUT2D eigenvalue weighted by Crippen LogP contribution is -2.24. The average molecular weight is 449 g/mol. The zero-order chi connectivity index (χ0) is 20.5. The second-order valence-electron chi connectivity index (χ2n) is 6.23. The van der Waals surface area contributed by atoms with Crippen LogP contribution in [0.3, 0.4) is 0 Å². The molecule has 2 N–H and O–H groups in total. The first-order valence-corrected chi connectivity index (χ1v) is 9.93. The monoisotopic (exact) mass is 448 g/mol. The molecule has 0 aliphatic rings. The van der Waals surface area contributed by atoms with E-state index in [-0.39, 0.29) is 12.4 Å². The number of amides is 1. The van der Waals surface area contributed by atoms with E-state index >= 15 is 0 Å². The van der Waals surface area contributed by atoms with Crippen LogP contribution < -0.4 is 14.9 Å². The van der Waals surface area contributed by atoms with Crippen molar-refractivity contribution >= 4 is 28.1 Å². The van der Waals surface area contributed by atoms with Crippen molar-refractivity contribution in [3.8, 4) is 17.2 Å². The summed E-state index contributed by atoms with van der Waals surface area (Å²) in [6.45, 7) is 6.40. The Morgan fingerprint density at radius 2 is 1.96 bits per heavy atom. The molecular formula is C21H25BrN2O4. The van der Waals surface area contributed by atoms with Gasteiger partial charge in [0.15, 0.2) is 18.1 Å². The summed E-state index contributed by atoms with van der Waals surface area (Å²) >= 11 is 3.35. The highest BCUT2D eigenvalue weighted by molar-refractivity contribution is 9.10. The van der Waals surface area contributed by atoms with Crippen LogP contribution in [-0.4, -0.2) is 30.4 Å². The lowest BCUT2D eigenvalue weighted by Gasteiger charge is -2.10. The molecule has 7 heteroatoms. The van der Waals surface area contributed by atoms with Gasteiger partial charge in [0.05, 0.1) is 12.8 Å². The SMILES string of the molecule is CCOc1cc(Br)cc(C=NNC(=O)COc2ccc(C(C)CC)cc2)c1O. The van der Waals surface area contributed by atoms with E-state index in [1.54, 1.807) is 12.1 Å². The first-order chi connectivity index (χ1) is 13.4. The average Bonchev–Trinajstić information content (AvgIpc) is 2.69. The number of rotatable bonds is 9. The van der Waals surface area contributed by atoms with Crippen molar-refractivity contribution in [2.45, 2.75) is 33.1 Å². The topological polar surface area (TPSA) is 80.2 Å². The number of phenolic OH excluding ortho intramolecular Hbond substituents is 1. The number of hydrazone groups is 1. The summed E-state index contributed by atoms with van der Waals surface area (Å²) in [7, 11) is 0. The van der Waals surface area contributed by atoms with Crippen LogP contribution in [0.1, 0.15) is 44.2 Å². The number of nitrogens with zero attached hydrogens (tertiary/aromatic N) is 1. The molecule has 0 spiro atoms. The van der Waals surface area contributed by atoms with Crippen molar-refractivity contribution in [3.63, 3.8) is 0 Å². The molecule has 6 nitrogen and oxygen atoms in total. The molecule has 0 aromatic heterocycles. The highest BCUT2D eigenvalue weighted by Gasteiger charge is 2.09. The van der Waals surface area contributed by atoms with Crippen molar-refractivity contribution < 1.29 is 19.4 Å². The highest BCUT2D eigenvalue weighted by atomic mass is 79.9. The Labute approximate surface area is 173 Å². The van der Waals surface area contributed by atoms with Crippen LogP contribution >= 0.6 is 15.9 Å². The summed E-state index contributed by atoms with van der Waals surface area (Å²) in [6.07, 6.45) is 2.42. The molecule has 0 radical (unpaired) electrons. The molecule has 0 aliphatic carbocycles. The van der Waals surface area contributed by atoms with Crippen molar-refractivity contribution in [3.05, 3.63) is 52.0 Å². The minimum atomic E-state index is -0.401. The van der Waals surface area contributed by atoms with E-state index in [0.717, 1.165) is 10.9 Å². The molecule has 0 saturated heterocycles. The number of halogens is 1. The van der Waals surface area contributed by atoms with Crippen molar-refractivity contribution in [2.75, 3.05) is 13.2 Å². The molecule has 1 amide bonds. The number of nitrogens with one attached hydrogen (secondary N) is 1. The largest absolute Gasteiger partial charge is 0.504 e. The van der Waals surface area contributed by atoms with Gasteiger partial charge >= 0.3 is 0 Å². The maximum absolute atomic E-state index is 11.9. The lowest BCUT2D eigenvalue weighted by molar-refractivity contribution is -0.123. The van der Waals surface area contributed by atoms with Gasteiger partial charge in [0, 0.05) is 10.0 Å². The van der Waals surface area contributed by atoms with Crippen molar-refractivity contribution in [1.82, 2.24) is 5.43 Å². The predicted molar refractivity (Wildman–Crippen MR) is 113 cm³/mol. The minimum absolute atomic E-state index is 0.0410. The van der Waals surface area contributed by atoms with Gasteiger partial charge < -0.3 is 14.6 Å². The number of ether oxygens (including phenoxy) is 2. The third-order valence-electron chi connectivity index (χ3n) is 4.19. The summed E-state index contributed by atoms with van der Waals surface area (Å²) in [4.78, 5) is 11.9. The quantitative estimate of drug-likeness (QED) is 0.433. The second kappa shape index (κ2) is 10.7. The zero-order valence-corrected chi connectivity index (χ0v) is 17.8. The Morgan fingerprint density at radius 1 is 1.25 bits per heavy atom. The summed E-state index contributed by atoms with van der Waals surface area (Å²) < 4.78 is 11.6. The fourth-order valence-corrected chi connectivity index (χ4v) is 2.90. The predicted octanol–water partition coefficient (Wildman–Crippen LogP) is 4.60. The van der Waals surface area contributed by atoms with Gasteiger partial charge in [-0.15, -0.1) is 0 Å². The number of carbonyl (C=O) groups is 1. The standard InChI is InChI=1S/C21H25BrN2O4/c1-4-14(3)15-6-8-18(9-7-15)28-13-20(25)24-23-12-16-10-17(22)11-19(21(16)26)27-5-2/h6-12,14,26H,4-5,13H2,1-3H3,(H,24,25). The summed E-state index contributed by atoms with van der Waals surface area (Å²) in [5.74, 6) is 1.01. The molecule has 0 saturated carbocycles. The second-order valence-corrected chi connectivity index (χ2v) is 7.15. The summed E-state index contributed by atoms with van der Waals surface area (Å²) in [5, 5.41) is 14.0. The van der Waals surface area contributed by atoms with Crippen LogP contribution in [0.5, 0.6) is 17.2 Å². The Balaban J connectivity index is 1.89. The van der Waals surface area contributed by atoms with Gasteiger partial charge in [-0.3, -0.25) is 4.79 Å². The van der Waals surface area contributed by atoms with Crippen LogP contribution in [0.25, 0.3) is 0 Å². The molecule has 0 bridgehead atoms. The van der Waals surface area contributed by atoms with Gasteiger partial charge in [-0.25, -0.2) is 5.43 Å². The number of hydrogen-bond acceptors (Lipinski definition) is 5. The van der Waals surface area contributed by atoms with Crippen molar-refractivity contribution in [2.24, 2.45) is 5.10 Å². The van der Waals surface area contributed by atoms with Crippen LogP contribution in [-0.2, 0) is 4.79 Å². The van der Waals surface area contributed by atoms with Crippen LogP contribution in [0, 0.1) is 0 Å². The lowest BCUT2D eigenvalue weighted by atomic mass is 9.99. The van der Waals surface area contributed by atoms with Gasteiger partial charge in [0.25, 0.3) is 5.91 Å². The van der Waals surface area contributed by atoms with E-state index in [2.05, 4.69) is 40.3 Å². The van der Waals surface area contributed by atoms with Gasteiger partial charge in [-0.05, 0) is 49.1 Å². The molecule has 0 fully saturated rings. The number of carbonyl (C=O) groups excluding carboxylic acids is 1. The Hall–Kier alpha value is -2.54. The minimum Gasteiger partial charge on any atom is -0.504 e. The molecule has 150 valence electrons. The van der Waals surface area contributed by atoms with E-state index in [9.17, 15) is 9.90 Å². The Bertz CT molecular complexity index is 822. The molecule has 0 heterocycles. The first-order valence-electron chi connectivity index (χ1n) is 9.14. The van der Waals surface area contributed by atoms with E-state index in [1.807, 2.05) is 31.2 Å². The first kappa shape index (κ1) is 21.8. The molecular weight excluding hydrogens is 424 g/mol. The fraction of sp³-hybridized carbons (Fsp3) is 0.333. The summed E-state index contributed by atoms with van der Waals surface area (Å²) in [5.41, 5.74) is 4.03. The highest BCUT2D eigenvalue weighted by Crippen LogP contribution is 2.32. The van der Waals surface area contributed by atoms with Gasteiger partial charge in [-0.2, -0.15) is 5.10 Å². The maximum Gasteiger partial charge on any atom is 0.277 e. The molecule has 28 heavy (non-hydrogen) atoms. The Kier molecular flexibility index (Phi) is 8.32. The van der Waals surface area contributed by atoms with E-state index in [4.69, 9.17) is 9.47 Å². The zero-order valence-electron chi connectivity index (χ0n) is 16.2. The van der Waals surface area contributed by atoms with Gasteiger partial charge in [-0.1, -0.05) is 41.9 Å². The third-order valence-corrected chi connectivity index (χ3v) is 4.65. The molecule has 0 aliphatic heterocycles. The Morgan fingerprint density at radius 3 is 2.61 bits per heavy atom. The molecule has 1 atom stereocenters. The number of benzene rings is 2. The summed E-state index contributed by atoms with van der Waals surface area (Å²) in [6, 6.07) is 11.1. The third kappa shape index (κ3) is 6.27. The van der Waals surface area contributed by atoms with Gasteiger partial charge in [0.2, 0.25) is 0 Å². The van der Waals surface area contributed by atoms with Crippen LogP contribution in [0.2, 0.25) is 0 Å². The number of hydrogen-bond donors (Lipinski definition) is 2. The smallest absolute Gasteiger partial charge is 0.277 e. The van der Waals surface area contributed by atoms with Crippen molar-refractivity contribution in [1.29, 1.82) is 0 Å². The van der Waals surface area contributed by atoms with Crippen LogP contribution in [0.15, 0.2) is 46.0 Å². The van der Waals surface area contributed by atoms with E-state index in [0.29, 0.717) is 29.6 Å². The number of phenols is 1. The molecule has 1 unspecified atom stereocenters. The fourth-order valence-electron chi connectivity index (χ4n) is 2.44. The number of aromatic hydroxyl groups is 1. The van der Waals surface area contributed by atoms with Gasteiger partial charge in [0.1, 0.15) is 5.75 Å². The van der Waals surface area contributed by atoms with Crippen LogP contribution in [0.4, 0.5) is 0 Å². The normalized spacial score (nSPS) is 12.0. The molecule has 2 rings (SSSR count).